The fourth-order valence-electron chi connectivity index (χ4n) is 4.86. The van der Waals surface area contributed by atoms with E-state index < -0.39 is 0 Å². The molecule has 0 aromatic heterocycles. The zero-order valence-electron chi connectivity index (χ0n) is 17.1. The molecule has 152 valence electrons. The smallest absolute Gasteiger partial charge is 0.261 e. The van der Waals surface area contributed by atoms with Crippen molar-refractivity contribution in [3.63, 3.8) is 0 Å². The Kier molecular flexibility index (Phi) is 5.03. The molecule has 29 heavy (non-hydrogen) atoms. The van der Waals surface area contributed by atoms with Crippen LogP contribution in [0.25, 0.3) is 0 Å². The molecule has 0 bridgehead atoms. The Balaban J connectivity index is 1.60. The van der Waals surface area contributed by atoms with E-state index in [1.54, 1.807) is 31.4 Å². The zero-order valence-corrected chi connectivity index (χ0v) is 17.1. The number of imide groups is 1. The van der Waals surface area contributed by atoms with Gasteiger partial charge in [-0.3, -0.25) is 19.3 Å². The number of allylic oxidation sites excluding steroid dienone is 3. The van der Waals surface area contributed by atoms with Crippen LogP contribution in [0, 0.1) is 11.8 Å². The Labute approximate surface area is 170 Å². The van der Waals surface area contributed by atoms with E-state index in [-0.39, 0.29) is 29.7 Å². The number of benzene rings is 1. The lowest BCUT2D eigenvalue weighted by Gasteiger charge is -2.46. The van der Waals surface area contributed by atoms with E-state index in [0.29, 0.717) is 30.0 Å². The minimum absolute atomic E-state index is 0.121. The van der Waals surface area contributed by atoms with Crippen LogP contribution >= 0.6 is 0 Å². The van der Waals surface area contributed by atoms with Crippen LogP contribution in [0.1, 0.15) is 47.4 Å². The van der Waals surface area contributed by atoms with Crippen LogP contribution in [0.3, 0.4) is 0 Å². The molecule has 0 radical (unpaired) electrons. The summed E-state index contributed by atoms with van der Waals surface area (Å²) in [6, 6.07) is 7.23. The summed E-state index contributed by atoms with van der Waals surface area (Å²) in [4.78, 5) is 40.5. The van der Waals surface area contributed by atoms with Crippen LogP contribution in [-0.2, 0) is 9.53 Å². The number of piperidine rings is 1. The number of likely N-dealkylation sites (tertiary alicyclic amines) is 1. The lowest BCUT2D eigenvalue weighted by Crippen LogP contribution is -2.47. The van der Waals surface area contributed by atoms with Gasteiger partial charge in [-0.25, -0.2) is 0 Å². The van der Waals surface area contributed by atoms with Crippen LogP contribution < -0.4 is 0 Å². The highest BCUT2D eigenvalue weighted by atomic mass is 16.5. The van der Waals surface area contributed by atoms with Crippen LogP contribution in [0.5, 0.6) is 0 Å². The van der Waals surface area contributed by atoms with Crippen molar-refractivity contribution in [1.29, 1.82) is 0 Å². The fourth-order valence-corrected chi connectivity index (χ4v) is 4.86. The highest BCUT2D eigenvalue weighted by Gasteiger charge is 2.40. The number of amides is 2. The van der Waals surface area contributed by atoms with E-state index >= 15 is 0 Å². The van der Waals surface area contributed by atoms with E-state index in [2.05, 4.69) is 18.7 Å². The third-order valence-corrected chi connectivity index (χ3v) is 6.57. The topological polar surface area (TPSA) is 66.9 Å². The van der Waals surface area contributed by atoms with Gasteiger partial charge in [-0.05, 0) is 49.5 Å². The Morgan fingerprint density at radius 1 is 1.07 bits per heavy atom. The molecule has 0 spiro atoms. The number of hydrogen-bond donors (Lipinski definition) is 0. The summed E-state index contributed by atoms with van der Waals surface area (Å²) in [6.07, 6.45) is 4.72. The number of hydrogen-bond acceptors (Lipinski definition) is 5. The number of carbonyl (C=O) groups is 3. The van der Waals surface area contributed by atoms with Gasteiger partial charge < -0.3 is 9.64 Å². The number of methoxy groups -OCH3 is 1. The highest BCUT2D eigenvalue weighted by Crippen LogP contribution is 2.43. The monoisotopic (exact) mass is 394 g/mol. The largest absolute Gasteiger partial charge is 0.495 e. The predicted molar refractivity (Wildman–Crippen MR) is 108 cm³/mol. The molecule has 1 fully saturated rings. The third-order valence-electron chi connectivity index (χ3n) is 6.57. The molecule has 2 heterocycles. The quantitative estimate of drug-likeness (QED) is 0.567. The standard InChI is InChI=1S/C23H26N2O4/c1-14-8-9-17-15(2)16(13-26)12-20(29-3)21(17)24(14)10-11-25-22(27)18-6-4-5-7-19(18)23(25)28/h4-7,12-15,17H,8-11H2,1-3H3. The second-order valence-electron chi connectivity index (χ2n) is 8.04. The predicted octanol–water partition coefficient (Wildman–Crippen LogP) is 3.02. The van der Waals surface area contributed by atoms with Gasteiger partial charge in [-0.15, -0.1) is 0 Å². The maximum absolute atomic E-state index is 12.7. The molecule has 2 aliphatic heterocycles. The van der Waals surface area contributed by atoms with Crippen molar-refractivity contribution < 1.29 is 19.1 Å². The Bertz CT molecular complexity index is 898. The van der Waals surface area contributed by atoms with Gasteiger partial charge in [0.25, 0.3) is 11.8 Å². The van der Waals surface area contributed by atoms with Gasteiger partial charge in [0, 0.05) is 25.0 Å². The normalized spacial score (nSPS) is 26.3. The molecule has 2 amide bonds. The summed E-state index contributed by atoms with van der Waals surface area (Å²) >= 11 is 0. The number of ether oxygens (including phenoxy) is 1. The van der Waals surface area contributed by atoms with Crippen molar-refractivity contribution in [3.8, 4) is 0 Å². The average molecular weight is 394 g/mol. The minimum Gasteiger partial charge on any atom is -0.495 e. The summed E-state index contributed by atoms with van der Waals surface area (Å²) in [5.41, 5.74) is 2.79. The van der Waals surface area contributed by atoms with Gasteiger partial charge in [0.15, 0.2) is 0 Å². The maximum Gasteiger partial charge on any atom is 0.261 e. The first-order valence-electron chi connectivity index (χ1n) is 10.1. The number of carbonyl (C=O) groups excluding carboxylic acids is 3. The summed E-state index contributed by atoms with van der Waals surface area (Å²) < 4.78 is 5.64. The minimum atomic E-state index is -0.229. The van der Waals surface area contributed by atoms with Crippen molar-refractivity contribution in [2.75, 3.05) is 20.2 Å². The molecule has 1 aromatic rings. The average Bonchev–Trinajstić information content (AvgIpc) is 2.98. The molecule has 0 N–H and O–H groups in total. The molecule has 1 saturated heterocycles. The van der Waals surface area contributed by atoms with E-state index in [1.165, 1.54) is 4.90 Å². The van der Waals surface area contributed by atoms with E-state index in [4.69, 9.17) is 4.74 Å². The number of aldehydes is 1. The Morgan fingerprint density at radius 3 is 2.31 bits per heavy atom. The van der Waals surface area contributed by atoms with Gasteiger partial charge in [-0.2, -0.15) is 0 Å². The van der Waals surface area contributed by atoms with E-state index in [1.807, 2.05) is 6.08 Å². The van der Waals surface area contributed by atoms with Gasteiger partial charge in [0.1, 0.15) is 12.0 Å². The van der Waals surface area contributed by atoms with Gasteiger partial charge in [0.05, 0.1) is 23.9 Å². The Morgan fingerprint density at radius 2 is 1.72 bits per heavy atom. The molecular formula is C23H26N2O4. The van der Waals surface area contributed by atoms with Crippen LogP contribution in [-0.4, -0.2) is 54.1 Å². The second-order valence-corrected chi connectivity index (χ2v) is 8.04. The first-order valence-corrected chi connectivity index (χ1v) is 10.1. The molecule has 3 aliphatic rings. The summed E-state index contributed by atoms with van der Waals surface area (Å²) in [5.74, 6) is 0.578. The molecule has 0 saturated carbocycles. The number of rotatable bonds is 5. The first kappa shape index (κ1) is 19.4. The van der Waals surface area contributed by atoms with Crippen LogP contribution in [0.15, 0.2) is 47.4 Å². The SMILES string of the molecule is COC1=C2C(CCC(C)N2CCN2C(=O)c3ccccc3C2=O)C(C)C(C=O)=C1. The summed E-state index contributed by atoms with van der Waals surface area (Å²) in [5, 5.41) is 0. The molecule has 1 aliphatic carbocycles. The fraction of sp³-hybridized carbons (Fsp3) is 0.435. The molecule has 6 heteroatoms. The van der Waals surface area contributed by atoms with Crippen molar-refractivity contribution in [1.82, 2.24) is 9.80 Å². The van der Waals surface area contributed by atoms with Gasteiger partial charge in [-0.1, -0.05) is 19.1 Å². The molecule has 4 rings (SSSR count). The summed E-state index contributed by atoms with van der Waals surface area (Å²) in [6.45, 7) is 5.10. The molecule has 6 nitrogen and oxygen atoms in total. The van der Waals surface area contributed by atoms with Crippen LogP contribution in [0.2, 0.25) is 0 Å². The number of nitrogens with zero attached hydrogens (tertiary/aromatic N) is 2. The maximum atomic E-state index is 12.7. The van der Waals surface area contributed by atoms with Crippen molar-refractivity contribution >= 4 is 18.1 Å². The lowest BCUT2D eigenvalue weighted by atomic mass is 9.75. The molecule has 3 atom stereocenters. The first-order chi connectivity index (χ1) is 14.0. The van der Waals surface area contributed by atoms with Gasteiger partial charge >= 0.3 is 0 Å². The van der Waals surface area contributed by atoms with E-state index in [9.17, 15) is 14.4 Å². The highest BCUT2D eigenvalue weighted by molar-refractivity contribution is 6.21. The number of fused-ring (bicyclic) bond motifs is 2. The Hall–Kier alpha value is -2.89. The van der Waals surface area contributed by atoms with Gasteiger partial charge in [0.2, 0.25) is 0 Å². The molecular weight excluding hydrogens is 368 g/mol. The summed E-state index contributed by atoms with van der Waals surface area (Å²) in [7, 11) is 1.62. The van der Waals surface area contributed by atoms with Crippen molar-refractivity contribution in [2.24, 2.45) is 11.8 Å². The molecule has 3 unspecified atom stereocenters. The lowest BCUT2D eigenvalue weighted by molar-refractivity contribution is -0.105. The van der Waals surface area contributed by atoms with Crippen LogP contribution in [0.4, 0.5) is 0 Å². The second kappa shape index (κ2) is 7.50. The van der Waals surface area contributed by atoms with Crippen molar-refractivity contribution in [2.45, 2.75) is 32.7 Å². The zero-order chi connectivity index (χ0) is 20.7. The third kappa shape index (κ3) is 3.07. The van der Waals surface area contributed by atoms with E-state index in [0.717, 1.165) is 30.4 Å². The van der Waals surface area contributed by atoms with Crippen molar-refractivity contribution in [3.05, 3.63) is 58.5 Å². The molecule has 1 aromatic carbocycles.